The molecule has 28 heavy (non-hydrogen) atoms. The Labute approximate surface area is 167 Å². The predicted molar refractivity (Wildman–Crippen MR) is 110 cm³/mol. The summed E-state index contributed by atoms with van der Waals surface area (Å²) < 4.78 is 29.6. The van der Waals surface area contributed by atoms with Crippen LogP contribution in [0.2, 0.25) is 0 Å². The molecule has 1 heterocycles. The summed E-state index contributed by atoms with van der Waals surface area (Å²) in [6.45, 7) is 6.30. The van der Waals surface area contributed by atoms with Crippen LogP contribution < -0.4 is 4.74 Å². The van der Waals surface area contributed by atoms with Gasteiger partial charge in [0.05, 0.1) is 17.6 Å². The molecule has 1 aliphatic rings. The maximum atomic E-state index is 13.2. The molecule has 1 fully saturated rings. The molecule has 0 bridgehead atoms. The summed E-state index contributed by atoms with van der Waals surface area (Å²) in [5.74, 6) is 0.717. The lowest BCUT2D eigenvalue weighted by Gasteiger charge is -2.28. The minimum absolute atomic E-state index is 0.0269. The molecule has 0 spiro atoms. The van der Waals surface area contributed by atoms with Crippen molar-refractivity contribution in [1.82, 2.24) is 4.90 Å². The maximum Gasteiger partial charge on any atom is 0.254 e. The van der Waals surface area contributed by atoms with Crippen LogP contribution in [0.5, 0.6) is 5.75 Å². The average molecular weight is 402 g/mol. The number of benzene rings is 2. The van der Waals surface area contributed by atoms with Crippen molar-refractivity contribution < 1.29 is 17.9 Å². The standard InChI is InChI=1S/C22H27NO4S/c1-16(2)27-21-10-8-19(9-11-21)22(24)23(20-12-13-28(25,26)15-20)14-18-6-4-17(3)5-7-18/h4-11,16,20H,12-15H2,1-3H3. The van der Waals surface area contributed by atoms with Gasteiger partial charge in [0.25, 0.3) is 5.91 Å². The molecule has 1 amide bonds. The molecule has 0 saturated carbocycles. The third-order valence-electron chi connectivity index (χ3n) is 4.86. The van der Waals surface area contributed by atoms with Gasteiger partial charge >= 0.3 is 0 Å². The van der Waals surface area contributed by atoms with Gasteiger partial charge in [-0.05, 0) is 57.0 Å². The third kappa shape index (κ3) is 5.13. The van der Waals surface area contributed by atoms with E-state index in [9.17, 15) is 13.2 Å². The minimum Gasteiger partial charge on any atom is -0.491 e. The number of ether oxygens (including phenoxy) is 1. The summed E-state index contributed by atoms with van der Waals surface area (Å²) in [5.41, 5.74) is 2.67. The van der Waals surface area contributed by atoms with Crippen molar-refractivity contribution in [3.05, 3.63) is 65.2 Å². The van der Waals surface area contributed by atoms with E-state index in [1.807, 2.05) is 45.0 Å². The molecule has 0 aliphatic carbocycles. The molecule has 2 aromatic carbocycles. The van der Waals surface area contributed by atoms with Crippen LogP contribution in [0.25, 0.3) is 0 Å². The molecule has 1 unspecified atom stereocenters. The van der Waals surface area contributed by atoms with E-state index >= 15 is 0 Å². The largest absolute Gasteiger partial charge is 0.491 e. The normalized spacial score (nSPS) is 18.2. The first-order valence-corrected chi connectivity index (χ1v) is 11.4. The fourth-order valence-electron chi connectivity index (χ4n) is 3.39. The highest BCUT2D eigenvalue weighted by molar-refractivity contribution is 7.91. The number of amides is 1. The number of hydrogen-bond donors (Lipinski definition) is 0. The van der Waals surface area contributed by atoms with Gasteiger partial charge in [0.1, 0.15) is 5.75 Å². The van der Waals surface area contributed by atoms with Crippen LogP contribution in [-0.2, 0) is 16.4 Å². The van der Waals surface area contributed by atoms with Gasteiger partial charge in [-0.3, -0.25) is 4.79 Å². The summed E-state index contributed by atoms with van der Waals surface area (Å²) in [7, 11) is -3.09. The lowest BCUT2D eigenvalue weighted by atomic mass is 10.1. The van der Waals surface area contributed by atoms with Gasteiger partial charge in [-0.15, -0.1) is 0 Å². The second-order valence-electron chi connectivity index (χ2n) is 7.67. The van der Waals surface area contributed by atoms with E-state index in [0.717, 1.165) is 11.1 Å². The van der Waals surface area contributed by atoms with Gasteiger partial charge in [-0.25, -0.2) is 8.42 Å². The molecule has 3 rings (SSSR count). The number of nitrogens with zero attached hydrogens (tertiary/aromatic N) is 1. The minimum atomic E-state index is -3.09. The Balaban J connectivity index is 1.84. The summed E-state index contributed by atoms with van der Waals surface area (Å²) >= 11 is 0. The van der Waals surface area contributed by atoms with E-state index < -0.39 is 9.84 Å². The van der Waals surface area contributed by atoms with E-state index in [0.29, 0.717) is 24.3 Å². The van der Waals surface area contributed by atoms with Crippen LogP contribution in [-0.4, -0.2) is 42.9 Å². The van der Waals surface area contributed by atoms with Crippen LogP contribution in [0.4, 0.5) is 0 Å². The van der Waals surface area contributed by atoms with Crippen molar-refractivity contribution in [2.24, 2.45) is 0 Å². The number of carbonyl (C=O) groups is 1. The molecule has 2 aromatic rings. The van der Waals surface area contributed by atoms with Crippen LogP contribution in [0.15, 0.2) is 48.5 Å². The maximum absolute atomic E-state index is 13.2. The summed E-state index contributed by atoms with van der Waals surface area (Å²) in [5, 5.41) is 0. The number of hydrogen-bond acceptors (Lipinski definition) is 4. The van der Waals surface area contributed by atoms with Gasteiger partial charge < -0.3 is 9.64 Å². The van der Waals surface area contributed by atoms with Crippen molar-refractivity contribution in [3.8, 4) is 5.75 Å². The molecule has 1 saturated heterocycles. The summed E-state index contributed by atoms with van der Waals surface area (Å²) in [6, 6.07) is 14.7. The quantitative estimate of drug-likeness (QED) is 0.742. The highest BCUT2D eigenvalue weighted by Gasteiger charge is 2.35. The van der Waals surface area contributed by atoms with Crippen molar-refractivity contribution in [2.45, 2.75) is 45.9 Å². The van der Waals surface area contributed by atoms with Crippen LogP contribution >= 0.6 is 0 Å². The molecule has 150 valence electrons. The number of aryl methyl sites for hydroxylation is 1. The molecule has 1 aliphatic heterocycles. The van der Waals surface area contributed by atoms with Crippen molar-refractivity contribution in [1.29, 1.82) is 0 Å². The van der Waals surface area contributed by atoms with Gasteiger partial charge in [-0.2, -0.15) is 0 Å². The molecular formula is C22H27NO4S. The highest BCUT2D eigenvalue weighted by atomic mass is 32.2. The Morgan fingerprint density at radius 2 is 1.75 bits per heavy atom. The van der Waals surface area contributed by atoms with Crippen LogP contribution in [0, 0.1) is 6.92 Å². The van der Waals surface area contributed by atoms with Crippen LogP contribution in [0.3, 0.4) is 0 Å². The lowest BCUT2D eigenvalue weighted by molar-refractivity contribution is 0.0681. The lowest BCUT2D eigenvalue weighted by Crippen LogP contribution is -2.40. The Morgan fingerprint density at radius 1 is 1.11 bits per heavy atom. The van der Waals surface area contributed by atoms with E-state index in [-0.39, 0.29) is 29.6 Å². The van der Waals surface area contributed by atoms with Gasteiger partial charge in [0.2, 0.25) is 0 Å². The Kier molecular flexibility index (Phi) is 6.08. The average Bonchev–Trinajstić information content (AvgIpc) is 3.00. The number of carbonyl (C=O) groups excluding carboxylic acids is 1. The van der Waals surface area contributed by atoms with Crippen molar-refractivity contribution in [3.63, 3.8) is 0 Å². The van der Waals surface area contributed by atoms with E-state index in [2.05, 4.69) is 0 Å². The first kappa shape index (κ1) is 20.4. The topological polar surface area (TPSA) is 63.7 Å². The Bertz CT molecular complexity index is 918. The zero-order valence-corrected chi connectivity index (χ0v) is 17.4. The second kappa shape index (κ2) is 8.35. The number of sulfone groups is 1. The summed E-state index contributed by atoms with van der Waals surface area (Å²) in [4.78, 5) is 14.9. The van der Waals surface area contributed by atoms with E-state index in [1.54, 1.807) is 29.2 Å². The first-order valence-electron chi connectivity index (χ1n) is 9.57. The SMILES string of the molecule is Cc1ccc(CN(C(=O)c2ccc(OC(C)C)cc2)C2CCS(=O)(=O)C2)cc1. The van der Waals surface area contributed by atoms with Gasteiger partial charge in [0, 0.05) is 18.2 Å². The molecule has 0 radical (unpaired) electrons. The molecular weight excluding hydrogens is 374 g/mol. The highest BCUT2D eigenvalue weighted by Crippen LogP contribution is 2.23. The Hall–Kier alpha value is -2.34. The fourth-order valence-corrected chi connectivity index (χ4v) is 5.12. The zero-order valence-electron chi connectivity index (χ0n) is 16.6. The molecule has 0 aromatic heterocycles. The predicted octanol–water partition coefficient (Wildman–Crippen LogP) is 3.61. The zero-order chi connectivity index (χ0) is 20.3. The molecule has 0 N–H and O–H groups in total. The fraction of sp³-hybridized carbons (Fsp3) is 0.409. The van der Waals surface area contributed by atoms with Crippen LogP contribution in [0.1, 0.15) is 41.8 Å². The molecule has 1 atom stereocenters. The first-order chi connectivity index (χ1) is 13.2. The van der Waals surface area contributed by atoms with Crippen molar-refractivity contribution in [2.75, 3.05) is 11.5 Å². The van der Waals surface area contributed by atoms with Gasteiger partial charge in [-0.1, -0.05) is 29.8 Å². The second-order valence-corrected chi connectivity index (χ2v) is 9.90. The van der Waals surface area contributed by atoms with E-state index in [4.69, 9.17) is 4.74 Å². The smallest absolute Gasteiger partial charge is 0.254 e. The number of rotatable bonds is 6. The third-order valence-corrected chi connectivity index (χ3v) is 6.61. The summed E-state index contributed by atoms with van der Waals surface area (Å²) in [6.07, 6.45) is 0.539. The monoisotopic (exact) mass is 401 g/mol. The Morgan fingerprint density at radius 3 is 2.29 bits per heavy atom. The van der Waals surface area contributed by atoms with Gasteiger partial charge in [0.15, 0.2) is 9.84 Å². The van der Waals surface area contributed by atoms with Crippen molar-refractivity contribution >= 4 is 15.7 Å². The molecule has 6 heteroatoms. The van der Waals surface area contributed by atoms with E-state index in [1.165, 1.54) is 0 Å². The molecule has 5 nitrogen and oxygen atoms in total.